The molecule has 0 aliphatic carbocycles. The van der Waals surface area contributed by atoms with Crippen LogP contribution in [0.25, 0.3) is 0 Å². The lowest BCUT2D eigenvalue weighted by molar-refractivity contribution is 0.335. The van der Waals surface area contributed by atoms with Gasteiger partial charge in [-0.25, -0.2) is 0 Å². The van der Waals surface area contributed by atoms with E-state index in [-0.39, 0.29) is 6.04 Å². The molecule has 0 radical (unpaired) electrons. The summed E-state index contributed by atoms with van der Waals surface area (Å²) in [5.41, 5.74) is 8.59. The zero-order chi connectivity index (χ0) is 12.8. The standard InChI is InChI=1S/C15H25NO/c1-5-13(16)9-12-7-8-15(17-6-2)14(10-12)11(3)4/h7-8,10-11,13H,5-6,9,16H2,1-4H3. The third-order valence-corrected chi connectivity index (χ3v) is 3.02. The molecule has 1 aromatic carbocycles. The van der Waals surface area contributed by atoms with E-state index in [1.54, 1.807) is 0 Å². The van der Waals surface area contributed by atoms with Crippen molar-refractivity contribution in [3.63, 3.8) is 0 Å². The second-order valence-corrected chi connectivity index (χ2v) is 4.83. The number of benzene rings is 1. The monoisotopic (exact) mass is 235 g/mol. The van der Waals surface area contributed by atoms with Gasteiger partial charge in [0.15, 0.2) is 0 Å². The Morgan fingerprint density at radius 2 is 1.94 bits per heavy atom. The molecule has 0 heterocycles. The molecule has 0 bridgehead atoms. The van der Waals surface area contributed by atoms with E-state index >= 15 is 0 Å². The SMILES string of the molecule is CCOc1ccc(CC(N)CC)cc1C(C)C. The second kappa shape index (κ2) is 6.65. The summed E-state index contributed by atoms with van der Waals surface area (Å²) in [6.07, 6.45) is 1.97. The fourth-order valence-corrected chi connectivity index (χ4v) is 1.91. The van der Waals surface area contributed by atoms with Crippen LogP contribution in [0.1, 0.15) is 51.2 Å². The smallest absolute Gasteiger partial charge is 0.122 e. The minimum atomic E-state index is 0.257. The average molecular weight is 235 g/mol. The van der Waals surface area contributed by atoms with Crippen molar-refractivity contribution in [1.29, 1.82) is 0 Å². The van der Waals surface area contributed by atoms with Gasteiger partial charge in [0.1, 0.15) is 5.75 Å². The molecule has 0 amide bonds. The number of hydrogen-bond acceptors (Lipinski definition) is 2. The zero-order valence-corrected chi connectivity index (χ0v) is 11.5. The first-order valence-corrected chi connectivity index (χ1v) is 6.59. The summed E-state index contributed by atoms with van der Waals surface area (Å²) in [6.45, 7) is 9.25. The van der Waals surface area contributed by atoms with Gasteiger partial charge in [0.2, 0.25) is 0 Å². The summed E-state index contributed by atoms with van der Waals surface area (Å²) < 4.78 is 5.65. The molecule has 1 atom stereocenters. The van der Waals surface area contributed by atoms with Gasteiger partial charge in [-0.1, -0.05) is 32.9 Å². The number of ether oxygens (including phenoxy) is 1. The van der Waals surface area contributed by atoms with Crippen molar-refractivity contribution in [2.45, 2.75) is 52.5 Å². The van der Waals surface area contributed by atoms with Crippen LogP contribution in [0.3, 0.4) is 0 Å². The summed E-state index contributed by atoms with van der Waals surface area (Å²) >= 11 is 0. The van der Waals surface area contributed by atoms with E-state index in [1.165, 1.54) is 11.1 Å². The van der Waals surface area contributed by atoms with Crippen molar-refractivity contribution in [1.82, 2.24) is 0 Å². The number of hydrogen-bond donors (Lipinski definition) is 1. The van der Waals surface area contributed by atoms with E-state index in [1.807, 2.05) is 6.92 Å². The number of rotatable bonds is 6. The highest BCUT2D eigenvalue weighted by molar-refractivity contribution is 5.39. The lowest BCUT2D eigenvalue weighted by Crippen LogP contribution is -2.21. The highest BCUT2D eigenvalue weighted by Gasteiger charge is 2.10. The summed E-state index contributed by atoms with van der Waals surface area (Å²) in [7, 11) is 0. The van der Waals surface area contributed by atoms with Gasteiger partial charge in [-0.3, -0.25) is 0 Å². The van der Waals surface area contributed by atoms with Gasteiger partial charge < -0.3 is 10.5 Å². The molecular formula is C15H25NO. The second-order valence-electron chi connectivity index (χ2n) is 4.83. The maximum atomic E-state index is 6.00. The van der Waals surface area contributed by atoms with Gasteiger partial charge in [0, 0.05) is 6.04 Å². The Hall–Kier alpha value is -1.02. The minimum absolute atomic E-state index is 0.257. The van der Waals surface area contributed by atoms with Crippen molar-refractivity contribution in [2.75, 3.05) is 6.61 Å². The van der Waals surface area contributed by atoms with Crippen molar-refractivity contribution in [2.24, 2.45) is 5.73 Å². The molecule has 2 nitrogen and oxygen atoms in total. The van der Waals surface area contributed by atoms with Crippen LogP contribution in [0.15, 0.2) is 18.2 Å². The van der Waals surface area contributed by atoms with Crippen LogP contribution < -0.4 is 10.5 Å². The molecule has 1 rings (SSSR count). The summed E-state index contributed by atoms with van der Waals surface area (Å²) in [4.78, 5) is 0. The maximum Gasteiger partial charge on any atom is 0.122 e. The molecule has 0 saturated heterocycles. The average Bonchev–Trinajstić information content (AvgIpc) is 2.31. The molecule has 0 saturated carbocycles. The zero-order valence-electron chi connectivity index (χ0n) is 11.5. The quantitative estimate of drug-likeness (QED) is 0.819. The van der Waals surface area contributed by atoms with Gasteiger partial charge in [-0.2, -0.15) is 0 Å². The molecule has 0 spiro atoms. The highest BCUT2D eigenvalue weighted by atomic mass is 16.5. The van der Waals surface area contributed by atoms with E-state index in [0.29, 0.717) is 12.5 Å². The van der Waals surface area contributed by atoms with Crippen LogP contribution in [0.2, 0.25) is 0 Å². The lowest BCUT2D eigenvalue weighted by Gasteiger charge is -2.16. The summed E-state index contributed by atoms with van der Waals surface area (Å²) in [5.74, 6) is 1.49. The third kappa shape index (κ3) is 4.04. The lowest BCUT2D eigenvalue weighted by atomic mass is 9.96. The van der Waals surface area contributed by atoms with Crippen LogP contribution >= 0.6 is 0 Å². The molecule has 96 valence electrons. The minimum Gasteiger partial charge on any atom is -0.494 e. The molecule has 17 heavy (non-hydrogen) atoms. The molecule has 0 aliphatic rings. The van der Waals surface area contributed by atoms with E-state index in [0.717, 1.165) is 18.6 Å². The Morgan fingerprint density at radius 3 is 2.47 bits per heavy atom. The Labute approximate surface area is 105 Å². The van der Waals surface area contributed by atoms with Gasteiger partial charge in [-0.15, -0.1) is 0 Å². The van der Waals surface area contributed by atoms with Crippen molar-refractivity contribution < 1.29 is 4.74 Å². The first-order valence-electron chi connectivity index (χ1n) is 6.59. The summed E-state index contributed by atoms with van der Waals surface area (Å²) in [6, 6.07) is 6.71. The Bertz CT molecular complexity index is 347. The van der Waals surface area contributed by atoms with Gasteiger partial charge in [-0.05, 0) is 42.9 Å². The van der Waals surface area contributed by atoms with E-state index in [4.69, 9.17) is 10.5 Å². The van der Waals surface area contributed by atoms with Crippen LogP contribution in [0, 0.1) is 0 Å². The first-order chi connectivity index (χ1) is 8.08. The normalized spacial score (nSPS) is 12.8. The molecule has 0 aliphatic heterocycles. The predicted molar refractivity (Wildman–Crippen MR) is 73.7 cm³/mol. The van der Waals surface area contributed by atoms with Crippen LogP contribution in [0.5, 0.6) is 5.75 Å². The Morgan fingerprint density at radius 1 is 1.24 bits per heavy atom. The van der Waals surface area contributed by atoms with E-state index in [2.05, 4.69) is 39.0 Å². The number of nitrogens with two attached hydrogens (primary N) is 1. The molecule has 1 unspecified atom stereocenters. The van der Waals surface area contributed by atoms with Gasteiger partial charge >= 0.3 is 0 Å². The van der Waals surface area contributed by atoms with Crippen LogP contribution in [0.4, 0.5) is 0 Å². The molecule has 1 aromatic rings. The topological polar surface area (TPSA) is 35.2 Å². The largest absolute Gasteiger partial charge is 0.494 e. The van der Waals surface area contributed by atoms with E-state index in [9.17, 15) is 0 Å². The molecule has 2 heteroatoms. The van der Waals surface area contributed by atoms with E-state index < -0.39 is 0 Å². The molecule has 0 aromatic heterocycles. The fraction of sp³-hybridized carbons (Fsp3) is 0.600. The highest BCUT2D eigenvalue weighted by Crippen LogP contribution is 2.28. The van der Waals surface area contributed by atoms with Crippen LogP contribution in [-0.2, 0) is 6.42 Å². The van der Waals surface area contributed by atoms with Crippen LogP contribution in [-0.4, -0.2) is 12.6 Å². The van der Waals surface area contributed by atoms with Crippen molar-refractivity contribution >= 4 is 0 Å². The third-order valence-electron chi connectivity index (χ3n) is 3.02. The van der Waals surface area contributed by atoms with Crippen molar-refractivity contribution in [3.8, 4) is 5.75 Å². The molecule has 0 fully saturated rings. The fourth-order valence-electron chi connectivity index (χ4n) is 1.91. The Kier molecular flexibility index (Phi) is 5.49. The summed E-state index contributed by atoms with van der Waals surface area (Å²) in [5, 5.41) is 0. The maximum absolute atomic E-state index is 6.00. The first kappa shape index (κ1) is 14.0. The van der Waals surface area contributed by atoms with Crippen molar-refractivity contribution in [3.05, 3.63) is 29.3 Å². The van der Waals surface area contributed by atoms with Gasteiger partial charge in [0.05, 0.1) is 6.61 Å². The molecule has 2 N–H and O–H groups in total. The predicted octanol–water partition coefficient (Wildman–Crippen LogP) is 3.49. The Balaban J connectivity index is 2.92. The molecular weight excluding hydrogens is 210 g/mol. The van der Waals surface area contributed by atoms with Gasteiger partial charge in [0.25, 0.3) is 0 Å².